The number of nitrogens with zero attached hydrogens (tertiary/aromatic N) is 3. The van der Waals surface area contributed by atoms with E-state index in [4.69, 9.17) is 0 Å². The van der Waals surface area contributed by atoms with Gasteiger partial charge < -0.3 is 20.3 Å². The number of unbranched alkanes of at least 4 members (excludes halogenated alkanes) is 2. The molecule has 0 fully saturated rings. The Morgan fingerprint density at radius 2 is 1.96 bits per heavy atom. The van der Waals surface area contributed by atoms with Gasteiger partial charge in [-0.05, 0) is 13.3 Å². The number of rotatable bonds is 9. The predicted octanol–water partition coefficient (Wildman–Crippen LogP) is 2.92. The van der Waals surface area contributed by atoms with Gasteiger partial charge in [-0.1, -0.05) is 19.8 Å². The van der Waals surface area contributed by atoms with E-state index in [0.29, 0.717) is 19.0 Å². The highest BCUT2D eigenvalue weighted by atomic mass is 127. The topological polar surface area (TPSA) is 74.5 Å². The van der Waals surface area contributed by atoms with E-state index in [2.05, 4.69) is 27.5 Å². The van der Waals surface area contributed by atoms with E-state index in [9.17, 15) is 18.3 Å². The lowest BCUT2D eigenvalue weighted by Gasteiger charge is -2.30. The molecule has 0 bridgehead atoms. The van der Waals surface area contributed by atoms with Gasteiger partial charge in [0.15, 0.2) is 5.96 Å². The lowest BCUT2D eigenvalue weighted by molar-refractivity contribution is -0.272. The fourth-order valence-corrected chi connectivity index (χ4v) is 2.40. The van der Waals surface area contributed by atoms with Crippen LogP contribution in [0.4, 0.5) is 13.2 Å². The van der Waals surface area contributed by atoms with Gasteiger partial charge in [-0.3, -0.25) is 4.99 Å². The Labute approximate surface area is 169 Å². The van der Waals surface area contributed by atoms with Crippen molar-refractivity contribution in [1.29, 1.82) is 0 Å². The van der Waals surface area contributed by atoms with Crippen LogP contribution in [0.1, 0.15) is 45.4 Å². The second kappa shape index (κ2) is 11.6. The number of nitrogens with one attached hydrogen (secondary N) is 2. The molecule has 1 rings (SSSR count). The average Bonchev–Trinajstić information content (AvgIpc) is 2.96. The van der Waals surface area contributed by atoms with Gasteiger partial charge in [0, 0.05) is 45.5 Å². The maximum Gasteiger partial charge on any atom is 0.424 e. The summed E-state index contributed by atoms with van der Waals surface area (Å²) in [4.78, 5) is 8.00. The van der Waals surface area contributed by atoms with Crippen LogP contribution in [0, 0.1) is 0 Å². The number of halogens is 4. The standard InChI is InChI=1S/C16H28F3N5O.HI/c1-4-6-7-9-22-14(20-5-2)23-10-8-15(25,16(17,18)19)13-21-11-12-24(13)3;/h11-12,25H,4-10H2,1-3H3,(H2,20,22,23);1H. The van der Waals surface area contributed by atoms with Gasteiger partial charge in [0.1, 0.15) is 5.82 Å². The zero-order chi connectivity index (χ0) is 18.9. The normalized spacial score (nSPS) is 14.5. The van der Waals surface area contributed by atoms with Crippen LogP contribution >= 0.6 is 24.0 Å². The van der Waals surface area contributed by atoms with Crippen LogP contribution in [0.2, 0.25) is 0 Å². The molecular weight excluding hydrogens is 462 g/mol. The fourth-order valence-electron chi connectivity index (χ4n) is 2.40. The highest BCUT2D eigenvalue weighted by Gasteiger charge is 2.57. The average molecular weight is 491 g/mol. The van der Waals surface area contributed by atoms with Gasteiger partial charge in [0.05, 0.1) is 0 Å². The van der Waals surface area contributed by atoms with Crippen molar-refractivity contribution in [3.05, 3.63) is 18.2 Å². The van der Waals surface area contributed by atoms with Crippen LogP contribution in [0.5, 0.6) is 0 Å². The summed E-state index contributed by atoms with van der Waals surface area (Å²) >= 11 is 0. The van der Waals surface area contributed by atoms with Crippen molar-refractivity contribution < 1.29 is 18.3 Å². The van der Waals surface area contributed by atoms with Crippen LogP contribution in [0.15, 0.2) is 17.4 Å². The molecule has 0 aliphatic carbocycles. The molecule has 0 radical (unpaired) electrons. The van der Waals surface area contributed by atoms with Crippen LogP contribution in [-0.2, 0) is 12.6 Å². The Bertz CT molecular complexity index is 550. The van der Waals surface area contributed by atoms with E-state index >= 15 is 0 Å². The van der Waals surface area contributed by atoms with Crippen molar-refractivity contribution in [2.24, 2.45) is 12.0 Å². The molecule has 1 aromatic rings. The Balaban J connectivity index is 0.00000625. The number of guanidine groups is 1. The van der Waals surface area contributed by atoms with E-state index in [-0.39, 0.29) is 30.5 Å². The summed E-state index contributed by atoms with van der Waals surface area (Å²) in [6.45, 7) is 5.07. The third-order valence-electron chi connectivity index (χ3n) is 3.82. The van der Waals surface area contributed by atoms with Gasteiger partial charge in [-0.25, -0.2) is 4.98 Å². The zero-order valence-electron chi connectivity index (χ0n) is 15.4. The lowest BCUT2D eigenvalue weighted by atomic mass is 9.97. The molecule has 0 saturated carbocycles. The van der Waals surface area contributed by atoms with Crippen LogP contribution in [-0.4, -0.2) is 46.4 Å². The minimum absolute atomic E-state index is 0. The minimum Gasteiger partial charge on any atom is -0.374 e. The molecule has 3 N–H and O–H groups in total. The molecule has 0 spiro atoms. The van der Waals surface area contributed by atoms with E-state index in [0.717, 1.165) is 19.3 Å². The molecule has 1 unspecified atom stereocenters. The Morgan fingerprint density at radius 3 is 2.46 bits per heavy atom. The van der Waals surface area contributed by atoms with E-state index in [1.807, 2.05) is 6.92 Å². The maximum absolute atomic E-state index is 13.4. The maximum atomic E-state index is 13.4. The highest BCUT2D eigenvalue weighted by molar-refractivity contribution is 14.0. The molecule has 0 aliphatic rings. The Morgan fingerprint density at radius 1 is 1.27 bits per heavy atom. The molecule has 152 valence electrons. The molecule has 0 aliphatic heterocycles. The fraction of sp³-hybridized carbons (Fsp3) is 0.750. The molecule has 10 heteroatoms. The number of imidazole rings is 1. The van der Waals surface area contributed by atoms with Crippen molar-refractivity contribution in [2.45, 2.75) is 51.3 Å². The van der Waals surface area contributed by atoms with E-state index < -0.39 is 24.0 Å². The predicted molar refractivity (Wildman–Crippen MR) is 107 cm³/mol. The number of hydrogen-bond acceptors (Lipinski definition) is 3. The molecular formula is C16H29F3IN5O. The second-order valence-corrected chi connectivity index (χ2v) is 5.86. The molecule has 0 amide bonds. The number of aryl methyl sites for hydroxylation is 1. The van der Waals surface area contributed by atoms with Gasteiger partial charge in [-0.15, -0.1) is 24.0 Å². The summed E-state index contributed by atoms with van der Waals surface area (Å²) in [5.41, 5.74) is -3.02. The van der Waals surface area contributed by atoms with Gasteiger partial charge in [0.2, 0.25) is 5.60 Å². The first kappa shape index (κ1) is 25.0. The summed E-state index contributed by atoms with van der Waals surface area (Å²) in [5.74, 6) is 0.0228. The van der Waals surface area contributed by atoms with Gasteiger partial charge in [-0.2, -0.15) is 13.2 Å². The smallest absolute Gasteiger partial charge is 0.374 e. The van der Waals surface area contributed by atoms with Crippen molar-refractivity contribution in [2.75, 3.05) is 19.6 Å². The monoisotopic (exact) mass is 491 g/mol. The number of aromatic nitrogens is 2. The minimum atomic E-state index is -4.83. The SMILES string of the molecule is CCCCCN=C(NCC)NCCC(O)(c1nccn1C)C(F)(F)F.I. The largest absolute Gasteiger partial charge is 0.424 e. The van der Waals surface area contributed by atoms with E-state index in [1.54, 1.807) is 0 Å². The molecule has 1 aromatic heterocycles. The number of hydrogen-bond donors (Lipinski definition) is 3. The quantitative estimate of drug-likeness (QED) is 0.215. The number of alkyl halides is 3. The molecule has 6 nitrogen and oxygen atoms in total. The summed E-state index contributed by atoms with van der Waals surface area (Å²) in [5, 5.41) is 16.1. The van der Waals surface area contributed by atoms with Crippen molar-refractivity contribution >= 4 is 29.9 Å². The molecule has 1 atom stereocenters. The number of aliphatic imine (C=N–C) groups is 1. The Hall–Kier alpha value is -1.04. The third kappa shape index (κ3) is 6.93. The summed E-state index contributed by atoms with van der Waals surface area (Å²) in [6.07, 6.45) is 0.257. The molecule has 26 heavy (non-hydrogen) atoms. The first-order chi connectivity index (χ1) is 11.8. The van der Waals surface area contributed by atoms with Crippen LogP contribution < -0.4 is 10.6 Å². The highest BCUT2D eigenvalue weighted by Crippen LogP contribution is 2.40. The van der Waals surface area contributed by atoms with Crippen molar-refractivity contribution in [3.63, 3.8) is 0 Å². The second-order valence-electron chi connectivity index (χ2n) is 5.86. The van der Waals surface area contributed by atoms with Gasteiger partial charge in [0.25, 0.3) is 0 Å². The first-order valence-corrected chi connectivity index (χ1v) is 8.55. The van der Waals surface area contributed by atoms with Gasteiger partial charge >= 0.3 is 6.18 Å². The third-order valence-corrected chi connectivity index (χ3v) is 3.82. The van der Waals surface area contributed by atoms with Crippen molar-refractivity contribution in [1.82, 2.24) is 20.2 Å². The molecule has 0 aromatic carbocycles. The van der Waals surface area contributed by atoms with Crippen LogP contribution in [0.3, 0.4) is 0 Å². The summed E-state index contributed by atoms with van der Waals surface area (Å²) in [6, 6.07) is 0. The summed E-state index contributed by atoms with van der Waals surface area (Å²) < 4.78 is 41.5. The summed E-state index contributed by atoms with van der Waals surface area (Å²) in [7, 11) is 1.42. The van der Waals surface area contributed by atoms with Crippen LogP contribution in [0.25, 0.3) is 0 Å². The lowest BCUT2D eigenvalue weighted by Crippen LogP contribution is -2.48. The van der Waals surface area contributed by atoms with Crippen molar-refractivity contribution in [3.8, 4) is 0 Å². The van der Waals surface area contributed by atoms with E-state index in [1.165, 1.54) is 24.0 Å². The molecule has 0 saturated heterocycles. The first-order valence-electron chi connectivity index (χ1n) is 8.55. The number of aliphatic hydroxyl groups is 1. The zero-order valence-corrected chi connectivity index (χ0v) is 17.8. The Kier molecular flexibility index (Phi) is 11.2. The molecule has 1 heterocycles.